The molecule has 39 heavy (non-hydrogen) atoms. The highest BCUT2D eigenvalue weighted by Crippen LogP contribution is 2.32. The van der Waals surface area contributed by atoms with Crippen LogP contribution in [-0.4, -0.2) is 37.9 Å². The number of hydrogen-bond donors (Lipinski definition) is 3. The Balaban J connectivity index is 0.000000449. The fourth-order valence-corrected chi connectivity index (χ4v) is 4.04. The number of carboxylic acid groups (broad SMARTS) is 1. The number of carbonyl (C=O) groups is 2. The molecule has 0 saturated heterocycles. The number of alkyl halides is 3. The van der Waals surface area contributed by atoms with Crippen LogP contribution < -0.4 is 10.1 Å². The van der Waals surface area contributed by atoms with Crippen LogP contribution in [0.15, 0.2) is 54.6 Å². The predicted molar refractivity (Wildman–Crippen MR) is 132 cm³/mol. The molecular formula is C27H29F4N3O5. The second-order valence-electron chi connectivity index (χ2n) is 8.94. The highest BCUT2D eigenvalue weighted by Gasteiger charge is 2.35. The molecule has 3 aromatic rings. The molecule has 0 spiro atoms. The van der Waals surface area contributed by atoms with Gasteiger partial charge in [0.1, 0.15) is 19.0 Å². The summed E-state index contributed by atoms with van der Waals surface area (Å²) in [6, 6.07) is 13.4. The normalized spacial score (nSPS) is 13.8. The molecule has 2 aromatic carbocycles. The lowest BCUT2D eigenvalue weighted by molar-refractivity contribution is -0.140. The van der Waals surface area contributed by atoms with Gasteiger partial charge in [0.05, 0.1) is 12.2 Å². The Kier molecular flexibility index (Phi) is 10.4. The van der Waals surface area contributed by atoms with Crippen molar-refractivity contribution in [2.75, 3.05) is 0 Å². The van der Waals surface area contributed by atoms with Gasteiger partial charge in [0.2, 0.25) is 11.8 Å². The molecule has 0 aliphatic heterocycles. The van der Waals surface area contributed by atoms with Crippen LogP contribution in [0.1, 0.15) is 59.3 Å². The number of nitrogens with one attached hydrogen (secondary N) is 1. The molecule has 1 aliphatic carbocycles. The largest absolute Gasteiger partial charge is 0.476 e. The maximum absolute atomic E-state index is 14.2. The van der Waals surface area contributed by atoms with Gasteiger partial charge in [-0.1, -0.05) is 61.7 Å². The summed E-state index contributed by atoms with van der Waals surface area (Å²) in [5.41, 5.74) is -1.25. The minimum atomic E-state index is -4.87. The summed E-state index contributed by atoms with van der Waals surface area (Å²) in [6.07, 6.45) is -0.0421. The molecule has 8 nitrogen and oxygen atoms in total. The number of ether oxygens (including phenoxy) is 1. The van der Waals surface area contributed by atoms with E-state index in [4.69, 9.17) is 14.9 Å². The zero-order valence-electron chi connectivity index (χ0n) is 21.0. The average Bonchev–Trinajstić information content (AvgIpc) is 3.31. The van der Waals surface area contributed by atoms with Gasteiger partial charge in [-0.25, -0.2) is 13.9 Å². The van der Waals surface area contributed by atoms with E-state index in [9.17, 15) is 27.2 Å². The van der Waals surface area contributed by atoms with E-state index in [1.54, 1.807) is 0 Å². The number of halogens is 4. The fourth-order valence-electron chi connectivity index (χ4n) is 4.04. The summed E-state index contributed by atoms with van der Waals surface area (Å²) in [4.78, 5) is 23.6. The van der Waals surface area contributed by atoms with E-state index in [0.29, 0.717) is 6.07 Å². The number of amides is 1. The van der Waals surface area contributed by atoms with Crippen molar-refractivity contribution in [2.45, 2.75) is 64.1 Å². The lowest BCUT2D eigenvalue weighted by Crippen LogP contribution is -2.38. The minimum Gasteiger partial charge on any atom is -0.476 e. The Morgan fingerprint density at radius 3 is 2.33 bits per heavy atom. The SMILES string of the molecule is O=C(Cn1nc(C(=O)O)cc1OCc1cccc(C(F)(F)F)c1F)NC1CCCCC1.OCc1ccccc1. The van der Waals surface area contributed by atoms with E-state index in [0.717, 1.165) is 60.5 Å². The highest BCUT2D eigenvalue weighted by molar-refractivity contribution is 5.85. The van der Waals surface area contributed by atoms with Gasteiger partial charge < -0.3 is 20.3 Å². The second kappa shape index (κ2) is 13.7. The molecule has 0 radical (unpaired) electrons. The lowest BCUT2D eigenvalue weighted by Gasteiger charge is -2.22. The Bertz CT molecular complexity index is 1240. The summed E-state index contributed by atoms with van der Waals surface area (Å²) >= 11 is 0. The lowest BCUT2D eigenvalue weighted by atomic mass is 9.95. The van der Waals surface area contributed by atoms with Crippen molar-refractivity contribution >= 4 is 11.9 Å². The summed E-state index contributed by atoms with van der Waals surface area (Å²) in [5, 5.41) is 24.3. The smallest absolute Gasteiger partial charge is 0.419 e. The first-order chi connectivity index (χ1) is 18.6. The third-order valence-electron chi connectivity index (χ3n) is 6.01. The Morgan fingerprint density at radius 2 is 1.74 bits per heavy atom. The van der Waals surface area contributed by atoms with Crippen LogP contribution in [-0.2, 0) is 30.7 Å². The van der Waals surface area contributed by atoms with Crippen molar-refractivity contribution in [3.8, 4) is 5.88 Å². The second-order valence-corrected chi connectivity index (χ2v) is 8.94. The third-order valence-corrected chi connectivity index (χ3v) is 6.01. The molecule has 1 heterocycles. The number of aliphatic hydroxyl groups is 1. The van der Waals surface area contributed by atoms with Crippen LogP contribution in [0.2, 0.25) is 0 Å². The van der Waals surface area contributed by atoms with E-state index in [1.165, 1.54) is 0 Å². The number of rotatable bonds is 8. The van der Waals surface area contributed by atoms with Gasteiger partial charge in [-0.05, 0) is 24.5 Å². The molecule has 3 N–H and O–H groups in total. The topological polar surface area (TPSA) is 114 Å². The molecule has 1 fully saturated rings. The molecule has 4 rings (SSSR count). The first-order valence-electron chi connectivity index (χ1n) is 12.3. The molecular weight excluding hydrogens is 522 g/mol. The summed E-state index contributed by atoms with van der Waals surface area (Å²) in [5.74, 6) is -3.42. The molecule has 12 heteroatoms. The van der Waals surface area contributed by atoms with E-state index in [1.807, 2.05) is 30.3 Å². The number of benzene rings is 2. The minimum absolute atomic E-state index is 0.0272. The Morgan fingerprint density at radius 1 is 1.05 bits per heavy atom. The number of aromatic carboxylic acids is 1. The van der Waals surface area contributed by atoms with Gasteiger partial charge in [-0.3, -0.25) is 4.79 Å². The molecule has 0 atom stereocenters. The first-order valence-corrected chi connectivity index (χ1v) is 12.3. The van der Waals surface area contributed by atoms with Crippen LogP contribution in [0.4, 0.5) is 17.6 Å². The van der Waals surface area contributed by atoms with Crippen LogP contribution in [0.3, 0.4) is 0 Å². The molecule has 1 amide bonds. The molecule has 1 saturated carbocycles. The van der Waals surface area contributed by atoms with Crippen molar-refractivity contribution in [3.63, 3.8) is 0 Å². The van der Waals surface area contributed by atoms with Crippen molar-refractivity contribution in [1.82, 2.24) is 15.1 Å². The van der Waals surface area contributed by atoms with Crippen LogP contribution in [0.5, 0.6) is 5.88 Å². The standard InChI is InChI=1S/C20H21F4N3O4.C7H8O/c21-18-12(5-4-8-14(18)20(22,23)24)11-31-17-9-15(19(29)30)26-27(17)10-16(28)25-13-6-2-1-3-7-13;8-6-7-4-2-1-3-5-7/h4-5,8-9,13H,1-3,6-7,10-11H2,(H,25,28)(H,29,30);1-5,8H,6H2. The average molecular weight is 552 g/mol. The van der Waals surface area contributed by atoms with E-state index in [2.05, 4.69) is 10.4 Å². The Hall–Kier alpha value is -3.93. The fraction of sp³-hybridized carbons (Fsp3) is 0.370. The highest BCUT2D eigenvalue weighted by atomic mass is 19.4. The van der Waals surface area contributed by atoms with Gasteiger partial charge in [-0.15, -0.1) is 0 Å². The van der Waals surface area contributed by atoms with Gasteiger partial charge in [0, 0.05) is 17.7 Å². The monoisotopic (exact) mass is 551 g/mol. The number of carbonyl (C=O) groups excluding carboxylic acids is 1. The molecule has 210 valence electrons. The van der Waals surface area contributed by atoms with E-state index < -0.39 is 41.7 Å². The molecule has 1 aliphatic rings. The summed E-state index contributed by atoms with van der Waals surface area (Å²) < 4.78 is 59.2. The number of aliphatic hydroxyl groups excluding tert-OH is 1. The van der Waals surface area contributed by atoms with Crippen LogP contribution >= 0.6 is 0 Å². The van der Waals surface area contributed by atoms with E-state index in [-0.39, 0.29) is 30.6 Å². The number of hydrogen-bond acceptors (Lipinski definition) is 5. The van der Waals surface area contributed by atoms with Crippen molar-refractivity contribution in [3.05, 3.63) is 82.8 Å². The zero-order chi connectivity index (χ0) is 28.4. The molecule has 1 aromatic heterocycles. The maximum atomic E-state index is 14.2. The predicted octanol–water partition coefficient (Wildman–Crippen LogP) is 4.95. The zero-order valence-corrected chi connectivity index (χ0v) is 21.0. The maximum Gasteiger partial charge on any atom is 0.419 e. The van der Waals surface area contributed by atoms with Crippen LogP contribution in [0, 0.1) is 5.82 Å². The van der Waals surface area contributed by atoms with Crippen molar-refractivity contribution in [2.24, 2.45) is 0 Å². The van der Waals surface area contributed by atoms with E-state index >= 15 is 0 Å². The quantitative estimate of drug-likeness (QED) is 0.342. The number of carboxylic acids is 1. The number of nitrogens with zero attached hydrogens (tertiary/aromatic N) is 2. The Labute approximate surface area is 222 Å². The summed E-state index contributed by atoms with van der Waals surface area (Å²) in [6.45, 7) is -0.810. The summed E-state index contributed by atoms with van der Waals surface area (Å²) in [7, 11) is 0. The van der Waals surface area contributed by atoms with Crippen molar-refractivity contribution in [1.29, 1.82) is 0 Å². The number of aromatic nitrogens is 2. The first kappa shape index (κ1) is 29.6. The molecule has 0 unspecified atom stereocenters. The van der Waals surface area contributed by atoms with Gasteiger partial charge >= 0.3 is 12.1 Å². The molecule has 0 bridgehead atoms. The third kappa shape index (κ3) is 8.81. The van der Waals surface area contributed by atoms with Crippen molar-refractivity contribution < 1.29 is 42.1 Å². The van der Waals surface area contributed by atoms with Gasteiger partial charge in [-0.2, -0.15) is 18.3 Å². The van der Waals surface area contributed by atoms with Gasteiger partial charge in [0.25, 0.3) is 0 Å². The van der Waals surface area contributed by atoms with Gasteiger partial charge in [0.15, 0.2) is 5.69 Å². The van der Waals surface area contributed by atoms with Crippen LogP contribution in [0.25, 0.3) is 0 Å².